The van der Waals surface area contributed by atoms with Gasteiger partial charge in [0.25, 0.3) is 0 Å². The number of ether oxygens (including phenoxy) is 1. The van der Waals surface area contributed by atoms with Crippen molar-refractivity contribution in [2.45, 2.75) is 44.4 Å². The molecule has 0 unspecified atom stereocenters. The van der Waals surface area contributed by atoms with Gasteiger partial charge in [-0.05, 0) is 56.0 Å². The van der Waals surface area contributed by atoms with Crippen LogP contribution in [0.3, 0.4) is 0 Å². The summed E-state index contributed by atoms with van der Waals surface area (Å²) < 4.78 is 20.4. The first-order chi connectivity index (χ1) is 14.5. The van der Waals surface area contributed by atoms with Gasteiger partial charge in [0.05, 0.1) is 24.0 Å². The average Bonchev–Trinajstić information content (AvgIpc) is 2.76. The monoisotopic (exact) mass is 427 g/mol. The van der Waals surface area contributed by atoms with Crippen molar-refractivity contribution in [3.63, 3.8) is 0 Å². The number of piperidine rings is 1. The average molecular weight is 428 g/mol. The van der Waals surface area contributed by atoms with Gasteiger partial charge in [-0.2, -0.15) is 5.26 Å². The quantitative estimate of drug-likeness (QED) is 0.711. The summed E-state index contributed by atoms with van der Waals surface area (Å²) in [6.07, 6.45) is 3.03. The molecule has 0 bridgehead atoms. The molecule has 4 nitrogen and oxygen atoms in total. The molecule has 158 valence electrons. The Kier molecular flexibility index (Phi) is 6.58. The summed E-state index contributed by atoms with van der Waals surface area (Å²) in [5, 5.41) is 10.1. The normalized spacial score (nSPS) is 23.3. The smallest absolute Gasteiger partial charge is 0.147 e. The number of para-hydroxylation sites is 1. The fraction of sp³-hybridized carbons (Fsp3) is 0.458. The molecule has 0 saturated carbocycles. The Balaban J connectivity index is 1.45. The fourth-order valence-electron chi connectivity index (χ4n) is 4.73. The highest BCUT2D eigenvalue weighted by Gasteiger charge is 2.34. The van der Waals surface area contributed by atoms with Crippen LogP contribution in [0.15, 0.2) is 42.5 Å². The summed E-state index contributed by atoms with van der Waals surface area (Å²) in [5.74, 6) is -0.312. The number of nitrogens with zero attached hydrogens (tertiary/aromatic N) is 3. The zero-order chi connectivity index (χ0) is 21.1. The predicted molar refractivity (Wildman–Crippen MR) is 117 cm³/mol. The predicted octanol–water partition coefficient (Wildman–Crippen LogP) is 4.65. The van der Waals surface area contributed by atoms with Crippen molar-refractivity contribution in [1.82, 2.24) is 4.90 Å². The van der Waals surface area contributed by atoms with Crippen molar-refractivity contribution >= 4 is 17.3 Å². The summed E-state index contributed by atoms with van der Waals surface area (Å²) >= 11 is 6.03. The minimum Gasteiger partial charge on any atom is -0.376 e. The van der Waals surface area contributed by atoms with Crippen LogP contribution in [0.4, 0.5) is 10.1 Å². The van der Waals surface area contributed by atoms with E-state index in [0.29, 0.717) is 23.3 Å². The third kappa shape index (κ3) is 4.62. The van der Waals surface area contributed by atoms with Gasteiger partial charge in [-0.3, -0.25) is 4.90 Å². The Morgan fingerprint density at radius 1 is 1.17 bits per heavy atom. The number of rotatable bonds is 4. The van der Waals surface area contributed by atoms with Gasteiger partial charge in [-0.1, -0.05) is 29.8 Å². The van der Waals surface area contributed by atoms with E-state index in [1.807, 2.05) is 17.0 Å². The summed E-state index contributed by atoms with van der Waals surface area (Å²) in [6.45, 7) is 5.25. The van der Waals surface area contributed by atoms with E-state index in [2.05, 4.69) is 30.0 Å². The van der Waals surface area contributed by atoms with Crippen LogP contribution in [-0.2, 0) is 11.2 Å². The first-order valence-corrected chi connectivity index (χ1v) is 11.0. The van der Waals surface area contributed by atoms with Gasteiger partial charge in [-0.15, -0.1) is 0 Å². The second kappa shape index (κ2) is 9.34. The van der Waals surface area contributed by atoms with Crippen LogP contribution in [-0.4, -0.2) is 49.3 Å². The van der Waals surface area contributed by atoms with Gasteiger partial charge in [0.1, 0.15) is 11.9 Å². The van der Waals surface area contributed by atoms with Gasteiger partial charge in [-0.25, -0.2) is 4.39 Å². The maximum absolute atomic E-state index is 14.4. The second-order valence-electron chi connectivity index (χ2n) is 8.29. The van der Waals surface area contributed by atoms with E-state index in [1.54, 1.807) is 12.1 Å². The first kappa shape index (κ1) is 21.1. The Hall–Kier alpha value is -2.13. The molecule has 2 aliphatic heterocycles. The number of hydrogen-bond donors (Lipinski definition) is 0. The van der Waals surface area contributed by atoms with E-state index in [-0.39, 0.29) is 11.9 Å². The van der Waals surface area contributed by atoms with Gasteiger partial charge in [0.2, 0.25) is 0 Å². The number of halogens is 2. The lowest BCUT2D eigenvalue weighted by atomic mass is 9.96. The van der Waals surface area contributed by atoms with Gasteiger partial charge in [0, 0.05) is 36.7 Å². The summed E-state index contributed by atoms with van der Waals surface area (Å²) in [4.78, 5) is 4.62. The zero-order valence-corrected chi connectivity index (χ0v) is 18.0. The summed E-state index contributed by atoms with van der Waals surface area (Å²) in [7, 11) is 0. The third-order valence-corrected chi connectivity index (χ3v) is 6.50. The van der Waals surface area contributed by atoms with Crippen molar-refractivity contribution in [1.29, 1.82) is 5.26 Å². The third-order valence-electron chi connectivity index (χ3n) is 6.25. The summed E-state index contributed by atoms with van der Waals surface area (Å²) in [5.41, 5.74) is 2.12. The topological polar surface area (TPSA) is 39.5 Å². The van der Waals surface area contributed by atoms with Crippen LogP contribution in [0.1, 0.15) is 30.9 Å². The van der Waals surface area contributed by atoms with Crippen LogP contribution in [0.25, 0.3) is 0 Å². The van der Waals surface area contributed by atoms with Crippen LogP contribution in [0.2, 0.25) is 5.02 Å². The van der Waals surface area contributed by atoms with Crippen LogP contribution in [0.5, 0.6) is 0 Å². The highest BCUT2D eigenvalue weighted by Crippen LogP contribution is 2.30. The molecule has 0 aliphatic carbocycles. The lowest BCUT2D eigenvalue weighted by Crippen LogP contribution is -2.56. The van der Waals surface area contributed by atoms with Crippen molar-refractivity contribution < 1.29 is 9.13 Å². The maximum Gasteiger partial charge on any atom is 0.147 e. The molecular weight excluding hydrogens is 401 g/mol. The molecule has 0 N–H and O–H groups in total. The minimum atomic E-state index is -0.312. The number of benzene rings is 2. The van der Waals surface area contributed by atoms with Crippen LogP contribution < -0.4 is 4.90 Å². The van der Waals surface area contributed by atoms with E-state index in [1.165, 1.54) is 11.6 Å². The Morgan fingerprint density at radius 3 is 2.60 bits per heavy atom. The molecule has 30 heavy (non-hydrogen) atoms. The molecule has 2 aliphatic rings. The second-order valence-corrected chi connectivity index (χ2v) is 8.73. The van der Waals surface area contributed by atoms with E-state index >= 15 is 0 Å². The van der Waals surface area contributed by atoms with Gasteiger partial charge >= 0.3 is 0 Å². The molecule has 4 rings (SSSR count). The standard InChI is InChI=1S/C24H27ClFN3O/c1-17-15-29(22(16-30-17)13-18-5-7-20(25)8-6-18)21-9-11-28(12-10-21)24-19(14-27)3-2-4-23(24)26/h2-8,17,21-22H,9-13,15-16H2,1H3/t17-,22-/m0/s1. The van der Waals surface area contributed by atoms with Crippen molar-refractivity contribution in [2.75, 3.05) is 31.1 Å². The molecule has 0 aromatic heterocycles. The Morgan fingerprint density at radius 2 is 1.90 bits per heavy atom. The maximum atomic E-state index is 14.4. The van der Waals surface area contributed by atoms with E-state index in [4.69, 9.17) is 16.3 Å². The van der Waals surface area contributed by atoms with E-state index < -0.39 is 0 Å². The lowest BCUT2D eigenvalue weighted by molar-refractivity contribution is -0.0745. The number of anilines is 1. The minimum absolute atomic E-state index is 0.209. The van der Waals surface area contributed by atoms with Crippen LogP contribution >= 0.6 is 11.6 Å². The van der Waals surface area contributed by atoms with Gasteiger partial charge in [0.15, 0.2) is 0 Å². The van der Waals surface area contributed by atoms with Crippen molar-refractivity contribution in [2.24, 2.45) is 0 Å². The molecule has 2 aromatic carbocycles. The molecule has 2 saturated heterocycles. The SMILES string of the molecule is C[C@H]1CN(C2CCN(c3c(F)cccc3C#N)CC2)[C@@H](Cc2ccc(Cl)cc2)CO1. The number of morpholine rings is 1. The summed E-state index contributed by atoms with van der Waals surface area (Å²) in [6, 6.07) is 15.7. The number of hydrogen-bond acceptors (Lipinski definition) is 4. The molecule has 2 aromatic rings. The fourth-order valence-corrected chi connectivity index (χ4v) is 4.86. The molecule has 0 radical (unpaired) electrons. The highest BCUT2D eigenvalue weighted by atomic mass is 35.5. The molecule has 2 atom stereocenters. The molecule has 0 amide bonds. The van der Waals surface area contributed by atoms with E-state index in [0.717, 1.165) is 50.5 Å². The van der Waals surface area contributed by atoms with Crippen LogP contribution in [0, 0.1) is 17.1 Å². The number of nitriles is 1. The Bertz CT molecular complexity index is 906. The molecule has 6 heteroatoms. The highest BCUT2D eigenvalue weighted by molar-refractivity contribution is 6.30. The lowest BCUT2D eigenvalue weighted by Gasteiger charge is -2.46. The molecular formula is C24H27ClFN3O. The van der Waals surface area contributed by atoms with Crippen molar-refractivity contribution in [3.8, 4) is 6.07 Å². The molecule has 2 heterocycles. The van der Waals surface area contributed by atoms with Gasteiger partial charge < -0.3 is 9.64 Å². The van der Waals surface area contributed by atoms with E-state index in [9.17, 15) is 9.65 Å². The first-order valence-electron chi connectivity index (χ1n) is 10.6. The zero-order valence-electron chi connectivity index (χ0n) is 17.2. The Labute approximate surface area is 182 Å². The molecule has 2 fully saturated rings. The van der Waals surface area contributed by atoms with Crippen molar-refractivity contribution in [3.05, 3.63) is 64.4 Å². The molecule has 0 spiro atoms. The largest absolute Gasteiger partial charge is 0.376 e.